The lowest BCUT2D eigenvalue weighted by molar-refractivity contribution is 0.228. The third kappa shape index (κ3) is 3.18. The van der Waals surface area contributed by atoms with Crippen molar-refractivity contribution in [2.45, 2.75) is 26.3 Å². The Labute approximate surface area is 84.6 Å². The van der Waals surface area contributed by atoms with Crippen LogP contribution in [-0.2, 0) is 15.7 Å². The number of hydrogen-bond donors (Lipinski definition) is 1. The quantitative estimate of drug-likeness (QED) is 0.782. The van der Waals surface area contributed by atoms with Crippen molar-refractivity contribution >= 4 is 8.03 Å². The lowest BCUT2D eigenvalue weighted by atomic mass is 10.1. The van der Waals surface area contributed by atoms with Crippen molar-refractivity contribution in [2.75, 3.05) is 0 Å². The largest absolute Gasteiger partial charge is 0.540 e. The predicted molar refractivity (Wildman–Crippen MR) is 55.3 cm³/mol. The molecular formula is C10H14O3P+. The smallest absolute Gasteiger partial charge is 0.349 e. The van der Waals surface area contributed by atoms with Gasteiger partial charge < -0.3 is 5.11 Å². The maximum absolute atomic E-state index is 11.1. The molecule has 0 aliphatic carbocycles. The van der Waals surface area contributed by atoms with Crippen LogP contribution in [0.5, 0.6) is 0 Å². The number of aliphatic hydroxyl groups is 1. The summed E-state index contributed by atoms with van der Waals surface area (Å²) in [5.41, 5.74) is 2.10. The van der Waals surface area contributed by atoms with E-state index in [0.717, 1.165) is 11.1 Å². The fourth-order valence-electron chi connectivity index (χ4n) is 1.01. The number of benzene rings is 1. The first kappa shape index (κ1) is 11.3. The average Bonchev–Trinajstić information content (AvgIpc) is 2.16. The summed E-state index contributed by atoms with van der Waals surface area (Å²) >= 11 is 0. The van der Waals surface area contributed by atoms with E-state index < -0.39 is 13.9 Å². The Bertz CT molecular complexity index is 323. The van der Waals surface area contributed by atoms with Crippen LogP contribution in [0.2, 0.25) is 0 Å². The van der Waals surface area contributed by atoms with Gasteiger partial charge in [-0.1, -0.05) is 24.3 Å². The first-order chi connectivity index (χ1) is 6.61. The Hall–Kier alpha value is -0.760. The highest BCUT2D eigenvalue weighted by molar-refractivity contribution is 7.39. The molecule has 0 radical (unpaired) electrons. The molecule has 0 saturated heterocycles. The van der Waals surface area contributed by atoms with Crippen LogP contribution in [0.25, 0.3) is 0 Å². The highest BCUT2D eigenvalue weighted by Crippen LogP contribution is 2.28. The minimum atomic E-state index is -1.97. The van der Waals surface area contributed by atoms with Crippen LogP contribution in [0.3, 0.4) is 0 Å². The van der Waals surface area contributed by atoms with Crippen LogP contribution >= 0.6 is 8.03 Å². The number of rotatable bonds is 4. The number of hydrogen-bond acceptors (Lipinski definition) is 3. The van der Waals surface area contributed by atoms with Gasteiger partial charge in [0.25, 0.3) is 5.85 Å². The van der Waals surface area contributed by atoms with Gasteiger partial charge in [0.15, 0.2) is 0 Å². The van der Waals surface area contributed by atoms with E-state index in [4.69, 9.17) is 9.63 Å². The van der Waals surface area contributed by atoms with E-state index in [2.05, 4.69) is 0 Å². The monoisotopic (exact) mass is 213 g/mol. The second-order valence-electron chi connectivity index (χ2n) is 3.12. The van der Waals surface area contributed by atoms with Crippen LogP contribution in [0.15, 0.2) is 24.3 Å². The zero-order chi connectivity index (χ0) is 10.6. The molecule has 0 amide bonds. The zero-order valence-corrected chi connectivity index (χ0v) is 9.20. The van der Waals surface area contributed by atoms with E-state index in [1.807, 2.05) is 31.2 Å². The topological polar surface area (TPSA) is 46.5 Å². The molecule has 2 unspecified atom stereocenters. The van der Waals surface area contributed by atoms with E-state index >= 15 is 0 Å². The SMILES string of the molecule is Cc1ccccc1CO[P+](=O)C(C)O. The second kappa shape index (κ2) is 5.20. The lowest BCUT2D eigenvalue weighted by Crippen LogP contribution is -1.96. The fraction of sp³-hybridized carbons (Fsp3) is 0.400. The molecule has 0 bridgehead atoms. The molecular weight excluding hydrogens is 199 g/mol. The predicted octanol–water partition coefficient (Wildman–Crippen LogP) is 2.59. The molecule has 0 aliphatic heterocycles. The van der Waals surface area contributed by atoms with Crippen LogP contribution < -0.4 is 0 Å². The van der Waals surface area contributed by atoms with Gasteiger partial charge in [-0.25, -0.2) is 0 Å². The minimum Gasteiger partial charge on any atom is -0.349 e. The molecule has 1 aromatic carbocycles. The first-order valence-electron chi connectivity index (χ1n) is 4.43. The van der Waals surface area contributed by atoms with Gasteiger partial charge in [0.05, 0.1) is 0 Å². The van der Waals surface area contributed by atoms with Gasteiger partial charge in [0.1, 0.15) is 6.61 Å². The summed E-state index contributed by atoms with van der Waals surface area (Å²) in [6, 6.07) is 7.73. The van der Waals surface area contributed by atoms with Gasteiger partial charge in [0.2, 0.25) is 0 Å². The first-order valence-corrected chi connectivity index (χ1v) is 5.68. The van der Waals surface area contributed by atoms with E-state index in [1.54, 1.807) is 0 Å². The van der Waals surface area contributed by atoms with Crippen LogP contribution in [0.1, 0.15) is 18.1 Å². The fourth-order valence-corrected chi connectivity index (χ4v) is 1.50. The third-order valence-corrected chi connectivity index (χ3v) is 2.91. The molecule has 0 spiro atoms. The Morgan fingerprint density at radius 3 is 2.71 bits per heavy atom. The van der Waals surface area contributed by atoms with E-state index in [0.29, 0.717) is 0 Å². The standard InChI is InChI=1S/C10H14O3P/c1-8-5-3-4-6-10(8)7-13-14(12)9(2)11/h3-6,9,11H,7H2,1-2H3/q+1. The number of aliphatic hydroxyl groups excluding tert-OH is 1. The van der Waals surface area contributed by atoms with Crippen molar-refractivity contribution in [1.29, 1.82) is 0 Å². The normalized spacial score (nSPS) is 13.8. The Morgan fingerprint density at radius 1 is 1.50 bits per heavy atom. The molecule has 0 aromatic heterocycles. The third-order valence-electron chi connectivity index (χ3n) is 1.91. The van der Waals surface area contributed by atoms with Crippen molar-refractivity contribution in [3.8, 4) is 0 Å². The highest BCUT2D eigenvalue weighted by Gasteiger charge is 2.25. The van der Waals surface area contributed by atoms with Crippen molar-refractivity contribution in [3.05, 3.63) is 35.4 Å². The van der Waals surface area contributed by atoms with Gasteiger partial charge >= 0.3 is 8.03 Å². The maximum Gasteiger partial charge on any atom is 0.540 e. The molecule has 1 N–H and O–H groups in total. The van der Waals surface area contributed by atoms with E-state index in [-0.39, 0.29) is 6.61 Å². The Morgan fingerprint density at radius 2 is 2.14 bits per heavy atom. The van der Waals surface area contributed by atoms with Crippen molar-refractivity contribution in [2.24, 2.45) is 0 Å². The molecule has 14 heavy (non-hydrogen) atoms. The second-order valence-corrected chi connectivity index (χ2v) is 4.69. The Balaban J connectivity index is 2.54. The summed E-state index contributed by atoms with van der Waals surface area (Å²) < 4.78 is 16.1. The summed E-state index contributed by atoms with van der Waals surface area (Å²) in [7, 11) is -1.97. The molecule has 1 rings (SSSR count). The maximum atomic E-state index is 11.1. The van der Waals surface area contributed by atoms with Crippen molar-refractivity contribution in [1.82, 2.24) is 0 Å². The highest BCUT2D eigenvalue weighted by atomic mass is 31.1. The molecule has 0 heterocycles. The molecule has 1 aromatic rings. The summed E-state index contributed by atoms with van der Waals surface area (Å²) in [4.78, 5) is 0. The molecule has 3 nitrogen and oxygen atoms in total. The average molecular weight is 213 g/mol. The summed E-state index contributed by atoms with van der Waals surface area (Å²) in [6.07, 6.45) is 0. The molecule has 0 fully saturated rings. The molecule has 4 heteroatoms. The van der Waals surface area contributed by atoms with Gasteiger partial charge in [-0.2, -0.15) is 0 Å². The summed E-state index contributed by atoms with van der Waals surface area (Å²) in [6.45, 7) is 3.71. The minimum absolute atomic E-state index is 0.285. The molecule has 2 atom stereocenters. The van der Waals surface area contributed by atoms with Gasteiger partial charge in [-0.15, -0.1) is 4.52 Å². The molecule has 0 aliphatic rings. The molecule has 76 valence electrons. The zero-order valence-electron chi connectivity index (χ0n) is 8.30. The number of aryl methyl sites for hydroxylation is 1. The lowest BCUT2D eigenvalue weighted by Gasteiger charge is -2.00. The van der Waals surface area contributed by atoms with E-state index in [9.17, 15) is 4.57 Å². The Kier molecular flexibility index (Phi) is 4.21. The van der Waals surface area contributed by atoms with E-state index in [1.165, 1.54) is 6.92 Å². The van der Waals surface area contributed by atoms with Crippen LogP contribution in [-0.4, -0.2) is 11.0 Å². The van der Waals surface area contributed by atoms with Crippen molar-refractivity contribution < 1.29 is 14.2 Å². The van der Waals surface area contributed by atoms with Gasteiger partial charge in [-0.3, -0.25) is 0 Å². The van der Waals surface area contributed by atoms with Gasteiger partial charge in [0, 0.05) is 6.92 Å². The summed E-state index contributed by atoms with van der Waals surface area (Å²) in [5, 5.41) is 8.96. The van der Waals surface area contributed by atoms with Crippen molar-refractivity contribution in [3.63, 3.8) is 0 Å². The van der Waals surface area contributed by atoms with Gasteiger partial charge in [-0.05, 0) is 22.6 Å². The molecule has 0 saturated carbocycles. The van der Waals surface area contributed by atoms with Crippen LogP contribution in [0, 0.1) is 6.92 Å². The van der Waals surface area contributed by atoms with Crippen LogP contribution in [0.4, 0.5) is 0 Å². The summed E-state index contributed by atoms with van der Waals surface area (Å²) in [5.74, 6) is -0.908.